The highest BCUT2D eigenvalue weighted by Crippen LogP contribution is 2.38. The highest BCUT2D eigenvalue weighted by Gasteiger charge is 2.34. The molecule has 3 aliphatic rings. The number of benzene rings is 4. The van der Waals surface area contributed by atoms with Crippen molar-refractivity contribution in [2.24, 2.45) is 15.9 Å². The average Bonchev–Trinajstić information content (AvgIpc) is 3.53. The van der Waals surface area contributed by atoms with Crippen LogP contribution in [0.15, 0.2) is 147 Å². The number of para-hydroxylation sites is 2. The standard InChI is InChI=1S/C40H34N4O/c1-26-25-33(39-41-34-23-13-14-24-35(34)45-39)29-19-9-10-20-30(29)36(26)31-21-11-12-22-32(31)38-42-37(27-15-5-3-6-16-27)43-40(2,44-38)28-17-7-4-8-18-28/h3-11,13-21,23-24,26H,12,22,25H2,1-2H3,(H,42,43,44)/t26?,40-/m0/s1. The molecule has 8 rings (SSSR count). The van der Waals surface area contributed by atoms with Crippen molar-refractivity contribution < 1.29 is 4.42 Å². The number of hydrogen-bond donors (Lipinski definition) is 1. The molecule has 0 spiro atoms. The first-order chi connectivity index (χ1) is 22.1. The molecule has 4 aromatic carbocycles. The Morgan fingerprint density at radius 1 is 0.800 bits per heavy atom. The molecule has 220 valence electrons. The molecule has 0 amide bonds. The van der Waals surface area contributed by atoms with Gasteiger partial charge in [0.25, 0.3) is 0 Å². The number of nitrogens with one attached hydrogen (secondary N) is 1. The van der Waals surface area contributed by atoms with E-state index in [1.54, 1.807) is 0 Å². The maximum absolute atomic E-state index is 6.30. The third kappa shape index (κ3) is 4.85. The van der Waals surface area contributed by atoms with E-state index in [2.05, 4.69) is 104 Å². The Kier molecular flexibility index (Phi) is 6.67. The maximum atomic E-state index is 6.30. The summed E-state index contributed by atoms with van der Waals surface area (Å²) in [5.41, 5.74) is 8.08. The van der Waals surface area contributed by atoms with E-state index in [1.165, 1.54) is 27.2 Å². The van der Waals surface area contributed by atoms with Crippen LogP contribution in [0.25, 0.3) is 22.2 Å². The summed E-state index contributed by atoms with van der Waals surface area (Å²) in [4.78, 5) is 15.5. The van der Waals surface area contributed by atoms with Gasteiger partial charge in [0.2, 0.25) is 5.89 Å². The summed E-state index contributed by atoms with van der Waals surface area (Å²) in [6.45, 7) is 4.46. The fraction of sp³-hybridized carbons (Fsp3) is 0.175. The molecule has 2 aliphatic carbocycles. The van der Waals surface area contributed by atoms with Crippen LogP contribution in [0, 0.1) is 5.92 Å². The molecular weight excluding hydrogens is 552 g/mol. The van der Waals surface area contributed by atoms with E-state index in [0.29, 0.717) is 5.89 Å². The van der Waals surface area contributed by atoms with Crippen molar-refractivity contribution >= 4 is 33.9 Å². The van der Waals surface area contributed by atoms with Gasteiger partial charge in [-0.05, 0) is 71.4 Å². The maximum Gasteiger partial charge on any atom is 0.223 e. The van der Waals surface area contributed by atoms with Gasteiger partial charge in [0, 0.05) is 16.7 Å². The number of amidine groups is 2. The molecule has 0 fully saturated rings. The van der Waals surface area contributed by atoms with Gasteiger partial charge < -0.3 is 9.73 Å². The Balaban J connectivity index is 1.36. The summed E-state index contributed by atoms with van der Waals surface area (Å²) in [7, 11) is 0. The van der Waals surface area contributed by atoms with Crippen LogP contribution in [0.1, 0.15) is 50.1 Å². The molecule has 2 heterocycles. The number of aliphatic imine (C=N–C) groups is 2. The second kappa shape index (κ2) is 11.0. The predicted octanol–water partition coefficient (Wildman–Crippen LogP) is 7.19. The summed E-state index contributed by atoms with van der Waals surface area (Å²) in [5.74, 6) is 2.57. The summed E-state index contributed by atoms with van der Waals surface area (Å²) >= 11 is 0. The summed E-state index contributed by atoms with van der Waals surface area (Å²) in [6, 6.07) is 37.5. The minimum absolute atomic E-state index is 0.234. The molecule has 0 saturated heterocycles. The van der Waals surface area contributed by atoms with Crippen LogP contribution in [-0.2, 0) is 5.66 Å². The lowest BCUT2D eigenvalue weighted by molar-refractivity contribution is 0.454. The molecular formula is C40H34N4O. The predicted molar refractivity (Wildman–Crippen MR) is 182 cm³/mol. The Labute approximate surface area is 262 Å². The molecule has 0 saturated carbocycles. The zero-order chi connectivity index (χ0) is 30.4. The topological polar surface area (TPSA) is 62.8 Å². The van der Waals surface area contributed by atoms with Gasteiger partial charge in [-0.15, -0.1) is 0 Å². The van der Waals surface area contributed by atoms with Crippen LogP contribution in [0.5, 0.6) is 0 Å². The first-order valence-corrected chi connectivity index (χ1v) is 15.7. The van der Waals surface area contributed by atoms with Gasteiger partial charge in [0.1, 0.15) is 11.4 Å². The van der Waals surface area contributed by atoms with E-state index in [0.717, 1.165) is 58.7 Å². The Hall–Kier alpha value is -5.29. The second-order valence-corrected chi connectivity index (χ2v) is 12.2. The highest BCUT2D eigenvalue weighted by atomic mass is 16.3. The fourth-order valence-corrected chi connectivity index (χ4v) is 6.92. The average molecular weight is 587 g/mol. The smallest absolute Gasteiger partial charge is 0.223 e. The lowest BCUT2D eigenvalue weighted by atomic mass is 9.78. The van der Waals surface area contributed by atoms with Gasteiger partial charge in [-0.1, -0.05) is 116 Å². The van der Waals surface area contributed by atoms with Crippen LogP contribution < -0.4 is 15.8 Å². The molecule has 1 unspecified atom stereocenters. The zero-order valence-corrected chi connectivity index (χ0v) is 25.5. The van der Waals surface area contributed by atoms with Crippen LogP contribution in [-0.4, -0.2) is 16.7 Å². The molecule has 5 nitrogen and oxygen atoms in total. The molecule has 2 atom stereocenters. The van der Waals surface area contributed by atoms with Crippen molar-refractivity contribution in [3.8, 4) is 0 Å². The number of fused-ring (bicyclic) bond motifs is 2. The molecule has 1 aliphatic heterocycles. The molecule has 45 heavy (non-hydrogen) atoms. The van der Waals surface area contributed by atoms with Crippen LogP contribution in [0.3, 0.4) is 0 Å². The number of allylic oxidation sites excluding steroid dienone is 3. The van der Waals surface area contributed by atoms with Gasteiger partial charge in [-0.2, -0.15) is 0 Å². The van der Waals surface area contributed by atoms with Crippen LogP contribution in [0.2, 0.25) is 0 Å². The Morgan fingerprint density at radius 2 is 1.51 bits per heavy atom. The van der Waals surface area contributed by atoms with Crippen molar-refractivity contribution in [3.63, 3.8) is 0 Å². The Bertz CT molecular complexity index is 2150. The zero-order valence-electron chi connectivity index (χ0n) is 25.5. The fourth-order valence-electron chi connectivity index (χ4n) is 6.92. The van der Waals surface area contributed by atoms with Crippen LogP contribution in [0.4, 0.5) is 0 Å². The summed E-state index contributed by atoms with van der Waals surface area (Å²) in [5, 5.41) is 6.08. The quantitative estimate of drug-likeness (QED) is 0.237. The van der Waals surface area contributed by atoms with Crippen molar-refractivity contribution in [3.05, 3.63) is 160 Å². The van der Waals surface area contributed by atoms with E-state index >= 15 is 0 Å². The van der Waals surface area contributed by atoms with E-state index in [4.69, 9.17) is 19.4 Å². The van der Waals surface area contributed by atoms with Crippen molar-refractivity contribution in [1.82, 2.24) is 10.3 Å². The van der Waals surface area contributed by atoms with Crippen LogP contribution >= 0.6 is 0 Å². The van der Waals surface area contributed by atoms with E-state index in [9.17, 15) is 0 Å². The van der Waals surface area contributed by atoms with Gasteiger partial charge in [-0.3, -0.25) is 0 Å². The number of rotatable bonds is 5. The van der Waals surface area contributed by atoms with E-state index in [1.807, 2.05) is 36.4 Å². The third-order valence-electron chi connectivity index (χ3n) is 9.12. The van der Waals surface area contributed by atoms with Crippen molar-refractivity contribution in [2.45, 2.75) is 38.8 Å². The minimum atomic E-state index is -0.669. The molecule has 0 bridgehead atoms. The number of nitrogens with zero attached hydrogens (tertiary/aromatic N) is 3. The SMILES string of the molecule is CC1CC(c2nc3ccccc3o2)=c2ccccc2=C1C1=C(C2=N[C@@](C)(c3ccccc3)NC(c3ccccc3)=N2)CCC=C1. The lowest BCUT2D eigenvalue weighted by Gasteiger charge is -2.34. The third-order valence-corrected chi connectivity index (χ3v) is 9.12. The number of hydrogen-bond acceptors (Lipinski definition) is 5. The first kappa shape index (κ1) is 27.3. The molecule has 1 N–H and O–H groups in total. The minimum Gasteiger partial charge on any atom is -0.436 e. The summed E-state index contributed by atoms with van der Waals surface area (Å²) < 4.78 is 6.30. The summed E-state index contributed by atoms with van der Waals surface area (Å²) in [6.07, 6.45) is 7.25. The number of oxazole rings is 1. The number of aromatic nitrogens is 1. The molecule has 0 radical (unpaired) electrons. The van der Waals surface area contributed by atoms with Gasteiger partial charge in [-0.25, -0.2) is 15.0 Å². The Morgan fingerprint density at radius 3 is 2.31 bits per heavy atom. The highest BCUT2D eigenvalue weighted by molar-refractivity contribution is 6.14. The van der Waals surface area contributed by atoms with E-state index in [-0.39, 0.29) is 5.92 Å². The first-order valence-electron chi connectivity index (χ1n) is 15.7. The van der Waals surface area contributed by atoms with Crippen molar-refractivity contribution in [1.29, 1.82) is 0 Å². The molecule has 5 heteroatoms. The molecule has 1 aromatic heterocycles. The normalized spacial score (nSPS) is 21.3. The monoisotopic (exact) mass is 586 g/mol. The lowest BCUT2D eigenvalue weighted by Crippen LogP contribution is -2.46. The van der Waals surface area contributed by atoms with Gasteiger partial charge in [0.05, 0.1) is 0 Å². The van der Waals surface area contributed by atoms with Gasteiger partial charge in [0.15, 0.2) is 17.1 Å². The largest absolute Gasteiger partial charge is 0.436 e. The second-order valence-electron chi connectivity index (χ2n) is 12.2. The van der Waals surface area contributed by atoms with Gasteiger partial charge >= 0.3 is 0 Å². The molecule has 5 aromatic rings. The van der Waals surface area contributed by atoms with E-state index < -0.39 is 5.66 Å². The van der Waals surface area contributed by atoms with Crippen molar-refractivity contribution in [2.75, 3.05) is 0 Å².